The molecule has 0 saturated carbocycles. The van der Waals surface area contributed by atoms with Crippen LogP contribution in [0.3, 0.4) is 0 Å². The van der Waals surface area contributed by atoms with Gasteiger partial charge in [-0.3, -0.25) is 4.79 Å². The van der Waals surface area contributed by atoms with Crippen LogP contribution in [0.25, 0.3) is 0 Å². The summed E-state index contributed by atoms with van der Waals surface area (Å²) in [5.41, 5.74) is 1.24. The van der Waals surface area contributed by atoms with Crippen molar-refractivity contribution >= 4 is 27.3 Å². The third kappa shape index (κ3) is 3.49. The molecule has 0 radical (unpaired) electrons. The van der Waals surface area contributed by atoms with Crippen LogP contribution in [0, 0.1) is 11.7 Å². The van der Waals surface area contributed by atoms with Gasteiger partial charge in [0.15, 0.2) is 0 Å². The van der Waals surface area contributed by atoms with Crippen molar-refractivity contribution in [1.29, 1.82) is 0 Å². The Balaban J connectivity index is 1.41. The number of thiophene rings is 1. The number of nitrogens with zero attached hydrogens (tertiary/aromatic N) is 2. The van der Waals surface area contributed by atoms with Gasteiger partial charge in [0.1, 0.15) is 5.82 Å². The van der Waals surface area contributed by atoms with E-state index in [1.165, 1.54) is 26.9 Å². The van der Waals surface area contributed by atoms with Crippen molar-refractivity contribution in [3.63, 3.8) is 0 Å². The van der Waals surface area contributed by atoms with E-state index >= 15 is 0 Å². The van der Waals surface area contributed by atoms with Gasteiger partial charge in [-0.1, -0.05) is 0 Å². The number of carbonyl (C=O) groups excluding carboxylic acids is 1. The molecule has 0 aliphatic carbocycles. The molecule has 0 bridgehead atoms. The lowest BCUT2D eigenvalue weighted by atomic mass is 9.93. The van der Waals surface area contributed by atoms with Crippen molar-refractivity contribution < 1.29 is 17.6 Å². The predicted octanol–water partition coefficient (Wildman–Crippen LogP) is 3.43. The van der Waals surface area contributed by atoms with Gasteiger partial charge in [0.05, 0.1) is 10.9 Å². The number of hydrogen-bond acceptors (Lipinski definition) is 4. The summed E-state index contributed by atoms with van der Waals surface area (Å²) < 4.78 is 40.0. The average molecular weight is 423 g/mol. The van der Waals surface area contributed by atoms with Gasteiger partial charge in [-0.05, 0) is 67.5 Å². The molecule has 2 aliphatic rings. The van der Waals surface area contributed by atoms with Crippen molar-refractivity contribution in [3.05, 3.63) is 52.0 Å². The van der Waals surface area contributed by atoms with Crippen LogP contribution in [0.2, 0.25) is 0 Å². The summed E-state index contributed by atoms with van der Waals surface area (Å²) in [5, 5.41) is 2.08. The van der Waals surface area contributed by atoms with Crippen molar-refractivity contribution in [1.82, 2.24) is 9.21 Å². The van der Waals surface area contributed by atoms with Crippen molar-refractivity contribution in [2.75, 3.05) is 19.6 Å². The van der Waals surface area contributed by atoms with Crippen molar-refractivity contribution in [2.24, 2.45) is 5.92 Å². The van der Waals surface area contributed by atoms with E-state index in [4.69, 9.17) is 0 Å². The second-order valence-corrected chi connectivity index (χ2v) is 10.3. The SMILES string of the molecule is C[C@H]1c2ccsc2CCN1C(=O)C1CCN(S(=O)(=O)c2ccc(F)cc2)CC1. The molecule has 0 N–H and O–H groups in total. The van der Waals surface area contributed by atoms with Gasteiger partial charge in [-0.25, -0.2) is 12.8 Å². The monoisotopic (exact) mass is 422 g/mol. The number of fused-ring (bicyclic) bond motifs is 1. The molecule has 28 heavy (non-hydrogen) atoms. The molecule has 1 atom stereocenters. The van der Waals surface area contributed by atoms with E-state index in [2.05, 4.69) is 18.4 Å². The molecule has 150 valence electrons. The minimum Gasteiger partial charge on any atom is -0.335 e. The lowest BCUT2D eigenvalue weighted by Gasteiger charge is -2.38. The lowest BCUT2D eigenvalue weighted by Crippen LogP contribution is -2.46. The minimum atomic E-state index is -3.65. The molecule has 3 heterocycles. The van der Waals surface area contributed by atoms with Crippen molar-refractivity contribution in [2.45, 2.75) is 37.1 Å². The van der Waals surface area contributed by atoms with Crippen molar-refractivity contribution in [3.8, 4) is 0 Å². The van der Waals surface area contributed by atoms with E-state index in [0.29, 0.717) is 25.9 Å². The van der Waals surface area contributed by atoms with Gasteiger partial charge in [-0.15, -0.1) is 11.3 Å². The second kappa shape index (κ2) is 7.57. The number of halogens is 1. The largest absolute Gasteiger partial charge is 0.335 e. The highest BCUT2D eigenvalue weighted by atomic mass is 32.2. The Morgan fingerprint density at radius 1 is 1.11 bits per heavy atom. The molecule has 4 rings (SSSR count). The summed E-state index contributed by atoms with van der Waals surface area (Å²) in [5.74, 6) is -0.488. The predicted molar refractivity (Wildman–Crippen MR) is 106 cm³/mol. The number of benzene rings is 1. The van der Waals surface area contributed by atoms with Gasteiger partial charge in [0.25, 0.3) is 0 Å². The van der Waals surface area contributed by atoms with Crippen LogP contribution < -0.4 is 0 Å². The Bertz CT molecular complexity index is 964. The van der Waals surface area contributed by atoms with Gasteiger partial charge in [0, 0.05) is 30.4 Å². The van der Waals surface area contributed by atoms with E-state index in [9.17, 15) is 17.6 Å². The van der Waals surface area contributed by atoms with Crippen LogP contribution >= 0.6 is 11.3 Å². The third-order valence-corrected chi connectivity index (χ3v) is 8.72. The smallest absolute Gasteiger partial charge is 0.243 e. The fourth-order valence-electron chi connectivity index (χ4n) is 4.14. The summed E-state index contributed by atoms with van der Waals surface area (Å²) >= 11 is 1.75. The van der Waals surface area contributed by atoms with Crippen LogP contribution in [0.5, 0.6) is 0 Å². The summed E-state index contributed by atoms with van der Waals surface area (Å²) in [4.78, 5) is 16.5. The highest BCUT2D eigenvalue weighted by molar-refractivity contribution is 7.89. The fourth-order valence-corrected chi connectivity index (χ4v) is 6.58. The second-order valence-electron chi connectivity index (χ2n) is 7.39. The average Bonchev–Trinajstić information content (AvgIpc) is 3.18. The first-order chi connectivity index (χ1) is 13.4. The summed E-state index contributed by atoms with van der Waals surface area (Å²) in [6.07, 6.45) is 1.92. The fraction of sp³-hybridized carbons (Fsp3) is 0.450. The molecule has 1 saturated heterocycles. The Hall–Kier alpha value is -1.77. The molecule has 1 amide bonds. The van der Waals surface area contributed by atoms with E-state index < -0.39 is 15.8 Å². The first kappa shape index (κ1) is 19.5. The molecule has 2 aliphatic heterocycles. The molecule has 1 fully saturated rings. The molecule has 1 aromatic heterocycles. The minimum absolute atomic E-state index is 0.0727. The van der Waals surface area contributed by atoms with Crippen LogP contribution in [0.1, 0.15) is 36.2 Å². The molecule has 1 aromatic carbocycles. The molecule has 0 unspecified atom stereocenters. The number of amides is 1. The van der Waals surface area contributed by atoms with Gasteiger partial charge in [0.2, 0.25) is 15.9 Å². The number of sulfonamides is 1. The maximum atomic E-state index is 13.1. The Morgan fingerprint density at radius 2 is 1.79 bits per heavy atom. The zero-order valence-electron chi connectivity index (χ0n) is 15.7. The lowest BCUT2D eigenvalue weighted by molar-refractivity contribution is -0.139. The number of rotatable bonds is 3. The zero-order valence-corrected chi connectivity index (χ0v) is 17.3. The van der Waals surface area contributed by atoms with Crippen LogP contribution in [0.15, 0.2) is 40.6 Å². The van der Waals surface area contributed by atoms with Gasteiger partial charge < -0.3 is 4.90 Å². The first-order valence-electron chi connectivity index (χ1n) is 9.50. The van der Waals surface area contributed by atoms with Crippen LogP contribution in [-0.4, -0.2) is 43.2 Å². The maximum absolute atomic E-state index is 13.1. The standard InChI is InChI=1S/C20H23FN2O3S2/c1-14-18-9-13-27-19(18)8-12-23(14)20(24)15-6-10-22(11-7-15)28(25,26)17-4-2-16(21)3-5-17/h2-5,9,13-15H,6-8,10-12H2,1H3/t14-/m0/s1. The Labute approximate surface area is 168 Å². The maximum Gasteiger partial charge on any atom is 0.243 e. The van der Waals surface area contributed by atoms with E-state index in [0.717, 1.165) is 25.1 Å². The number of piperidine rings is 1. The first-order valence-corrected chi connectivity index (χ1v) is 11.8. The van der Waals surface area contributed by atoms with Gasteiger partial charge >= 0.3 is 0 Å². The Kier molecular flexibility index (Phi) is 5.28. The summed E-state index contributed by atoms with van der Waals surface area (Å²) in [6.45, 7) is 3.41. The van der Waals surface area contributed by atoms with Crippen LogP contribution in [-0.2, 0) is 21.2 Å². The topological polar surface area (TPSA) is 57.7 Å². The van der Waals surface area contributed by atoms with E-state index in [1.54, 1.807) is 11.3 Å². The van der Waals surface area contributed by atoms with Gasteiger partial charge in [-0.2, -0.15) is 4.31 Å². The normalized spacial score (nSPS) is 21.5. The zero-order chi connectivity index (χ0) is 19.9. The molecular weight excluding hydrogens is 399 g/mol. The highest BCUT2D eigenvalue weighted by Gasteiger charge is 2.36. The van der Waals surface area contributed by atoms with E-state index in [-0.39, 0.29) is 22.8 Å². The number of carbonyl (C=O) groups is 1. The van der Waals surface area contributed by atoms with Crippen LogP contribution in [0.4, 0.5) is 4.39 Å². The number of hydrogen-bond donors (Lipinski definition) is 0. The molecule has 2 aromatic rings. The molecule has 8 heteroatoms. The molecule has 5 nitrogen and oxygen atoms in total. The summed E-state index contributed by atoms with van der Waals surface area (Å²) in [6, 6.07) is 7.05. The summed E-state index contributed by atoms with van der Waals surface area (Å²) in [7, 11) is -3.65. The third-order valence-electron chi connectivity index (χ3n) is 5.81. The molecular formula is C20H23FN2O3S2. The Morgan fingerprint density at radius 3 is 2.46 bits per heavy atom. The van der Waals surface area contributed by atoms with E-state index in [1.807, 2.05) is 4.90 Å². The highest BCUT2D eigenvalue weighted by Crippen LogP contribution is 2.35. The quantitative estimate of drug-likeness (QED) is 0.761. The molecule has 0 spiro atoms.